The van der Waals surface area contributed by atoms with Crippen molar-refractivity contribution in [2.75, 3.05) is 0 Å². The van der Waals surface area contributed by atoms with E-state index in [0.717, 1.165) is 26.8 Å². The largest absolute Gasteiger partial charge is 0.332 e. The fourth-order valence-corrected chi connectivity index (χ4v) is 4.52. The van der Waals surface area contributed by atoms with Gasteiger partial charge in [-0.15, -0.1) is 0 Å². The Morgan fingerprint density at radius 2 is 1.55 bits per heavy atom. The summed E-state index contributed by atoms with van der Waals surface area (Å²) in [5, 5.41) is 2.31. The fraction of sp³-hybridized carbons (Fsp3) is 0.115. The molecule has 0 atom stereocenters. The number of hydrogen-bond acceptors (Lipinski definition) is 3. The summed E-state index contributed by atoms with van der Waals surface area (Å²) < 4.78 is 6.46. The number of fused-ring (bicyclic) bond motifs is 4. The Bertz CT molecular complexity index is 1800. The van der Waals surface area contributed by atoms with Crippen molar-refractivity contribution in [3.05, 3.63) is 105 Å². The van der Waals surface area contributed by atoms with Gasteiger partial charge in [0.05, 0.1) is 12.2 Å². The number of hydrogen-bond donors (Lipinski definition) is 0. The maximum Gasteiger partial charge on any atom is 0.332 e. The monoisotopic (exact) mass is 435 g/mol. The summed E-state index contributed by atoms with van der Waals surface area (Å²) in [6, 6.07) is 24.7. The third-order valence-corrected chi connectivity index (χ3v) is 6.29. The number of benzene rings is 3. The standard InChI is InChI=1S/C26H21N5O2/c1-28-23-22(24(32)29(2)26(28)33)31-16-21(20-13-12-18-10-6-7-11-19(18)14-20)30(25(31)27-23)15-17-8-4-3-5-9-17/h3-14,16H,15H2,1-2H3. The number of rotatable bonds is 3. The van der Waals surface area contributed by atoms with Crippen molar-refractivity contribution in [3.63, 3.8) is 0 Å². The van der Waals surface area contributed by atoms with Crippen molar-refractivity contribution in [3.8, 4) is 11.3 Å². The SMILES string of the molecule is Cn1c(=O)c2c(nc3n(Cc4ccccc4)c(-c4ccc5ccccc5c4)cn23)n(C)c1=O. The molecular formula is C26H21N5O2. The van der Waals surface area contributed by atoms with Gasteiger partial charge in [0, 0.05) is 25.9 Å². The first-order valence-electron chi connectivity index (χ1n) is 10.7. The van der Waals surface area contributed by atoms with E-state index in [4.69, 9.17) is 4.98 Å². The van der Waals surface area contributed by atoms with Crippen LogP contribution in [0.1, 0.15) is 5.56 Å². The molecule has 0 aliphatic carbocycles. The van der Waals surface area contributed by atoms with Crippen LogP contribution in [-0.2, 0) is 20.6 Å². The molecule has 3 aromatic carbocycles. The van der Waals surface area contributed by atoms with Crippen LogP contribution in [0.15, 0.2) is 88.6 Å². The van der Waals surface area contributed by atoms with Crippen molar-refractivity contribution in [2.24, 2.45) is 14.1 Å². The molecule has 162 valence electrons. The zero-order chi connectivity index (χ0) is 22.7. The Hall–Kier alpha value is -4.39. The lowest BCUT2D eigenvalue weighted by molar-refractivity contribution is 0.707. The van der Waals surface area contributed by atoms with Gasteiger partial charge in [-0.3, -0.25) is 18.3 Å². The first-order valence-corrected chi connectivity index (χ1v) is 10.7. The Morgan fingerprint density at radius 3 is 2.33 bits per heavy atom. The summed E-state index contributed by atoms with van der Waals surface area (Å²) in [6.07, 6.45) is 1.95. The Labute approximate surface area is 188 Å². The minimum Gasteiger partial charge on any atom is -0.305 e. The summed E-state index contributed by atoms with van der Waals surface area (Å²) in [6.45, 7) is 0.580. The molecule has 0 fully saturated rings. The van der Waals surface area contributed by atoms with Gasteiger partial charge in [-0.05, 0) is 22.4 Å². The summed E-state index contributed by atoms with van der Waals surface area (Å²) in [7, 11) is 3.14. The van der Waals surface area contributed by atoms with Crippen LogP contribution in [0, 0.1) is 0 Å². The summed E-state index contributed by atoms with van der Waals surface area (Å²) >= 11 is 0. The molecule has 0 amide bonds. The highest BCUT2D eigenvalue weighted by atomic mass is 16.2. The van der Waals surface area contributed by atoms with E-state index in [2.05, 4.69) is 47.0 Å². The molecule has 3 aromatic heterocycles. The minimum absolute atomic E-state index is 0.359. The van der Waals surface area contributed by atoms with Crippen LogP contribution in [0.25, 0.3) is 39.0 Å². The lowest BCUT2D eigenvalue weighted by Crippen LogP contribution is -2.37. The van der Waals surface area contributed by atoms with Crippen LogP contribution in [0.5, 0.6) is 0 Å². The van der Waals surface area contributed by atoms with Crippen molar-refractivity contribution in [1.82, 2.24) is 23.1 Å². The van der Waals surface area contributed by atoms with Gasteiger partial charge in [-0.1, -0.05) is 66.7 Å². The van der Waals surface area contributed by atoms with Gasteiger partial charge in [0.2, 0.25) is 5.78 Å². The van der Waals surface area contributed by atoms with Gasteiger partial charge in [0.25, 0.3) is 5.56 Å². The van der Waals surface area contributed by atoms with Crippen molar-refractivity contribution < 1.29 is 0 Å². The van der Waals surface area contributed by atoms with Gasteiger partial charge in [0.1, 0.15) is 0 Å². The average molecular weight is 435 g/mol. The van der Waals surface area contributed by atoms with Crippen molar-refractivity contribution in [1.29, 1.82) is 0 Å². The average Bonchev–Trinajstić information content (AvgIpc) is 3.39. The number of imidazole rings is 2. The minimum atomic E-state index is -0.391. The van der Waals surface area contributed by atoms with Gasteiger partial charge in [-0.25, -0.2) is 4.79 Å². The van der Waals surface area contributed by atoms with E-state index >= 15 is 0 Å². The zero-order valence-electron chi connectivity index (χ0n) is 18.3. The van der Waals surface area contributed by atoms with Crippen molar-refractivity contribution in [2.45, 2.75) is 6.54 Å². The van der Waals surface area contributed by atoms with E-state index in [0.29, 0.717) is 23.5 Å². The number of nitrogens with zero attached hydrogens (tertiary/aromatic N) is 5. The van der Waals surface area contributed by atoms with E-state index < -0.39 is 5.69 Å². The molecule has 0 saturated carbocycles. The van der Waals surface area contributed by atoms with Gasteiger partial charge in [-0.2, -0.15) is 4.98 Å². The summed E-state index contributed by atoms with van der Waals surface area (Å²) in [5.74, 6) is 0.621. The predicted molar refractivity (Wildman–Crippen MR) is 130 cm³/mol. The van der Waals surface area contributed by atoms with Crippen LogP contribution in [-0.4, -0.2) is 23.1 Å². The van der Waals surface area contributed by atoms with E-state index in [1.807, 2.05) is 40.9 Å². The van der Waals surface area contributed by atoms with Gasteiger partial charge in [0.15, 0.2) is 11.2 Å². The highest BCUT2D eigenvalue weighted by Gasteiger charge is 2.21. The third kappa shape index (κ3) is 2.86. The molecule has 7 nitrogen and oxygen atoms in total. The Kier molecular flexibility index (Phi) is 4.13. The Morgan fingerprint density at radius 1 is 0.818 bits per heavy atom. The quantitative estimate of drug-likeness (QED) is 0.427. The van der Waals surface area contributed by atoms with Crippen LogP contribution in [0.3, 0.4) is 0 Å². The van der Waals surface area contributed by atoms with Crippen LogP contribution >= 0.6 is 0 Å². The highest BCUT2D eigenvalue weighted by molar-refractivity contribution is 5.87. The second-order valence-electron chi connectivity index (χ2n) is 8.31. The first-order chi connectivity index (χ1) is 16.0. The second kappa shape index (κ2) is 7.06. The molecule has 6 aromatic rings. The molecule has 0 N–H and O–H groups in total. The highest BCUT2D eigenvalue weighted by Crippen LogP contribution is 2.29. The van der Waals surface area contributed by atoms with Crippen molar-refractivity contribution >= 4 is 27.7 Å². The van der Waals surface area contributed by atoms with E-state index in [1.165, 1.54) is 17.0 Å². The van der Waals surface area contributed by atoms with E-state index in [9.17, 15) is 9.59 Å². The fourth-order valence-electron chi connectivity index (χ4n) is 4.52. The Balaban J connectivity index is 1.69. The van der Waals surface area contributed by atoms with E-state index in [-0.39, 0.29) is 5.56 Å². The molecule has 0 aliphatic rings. The van der Waals surface area contributed by atoms with Crippen LogP contribution in [0.2, 0.25) is 0 Å². The van der Waals surface area contributed by atoms with Gasteiger partial charge < -0.3 is 4.57 Å². The molecule has 0 bridgehead atoms. The molecular weight excluding hydrogens is 414 g/mol. The molecule has 0 spiro atoms. The summed E-state index contributed by atoms with van der Waals surface area (Å²) in [4.78, 5) is 30.3. The molecule has 0 saturated heterocycles. The molecule has 0 unspecified atom stereocenters. The summed E-state index contributed by atoms with van der Waals surface area (Å²) in [5.41, 5.74) is 3.12. The van der Waals surface area contributed by atoms with Crippen LogP contribution < -0.4 is 11.2 Å². The lowest BCUT2D eigenvalue weighted by Gasteiger charge is -2.10. The maximum atomic E-state index is 13.0. The molecule has 7 heteroatoms. The molecule has 33 heavy (non-hydrogen) atoms. The number of aryl methyl sites for hydroxylation is 1. The zero-order valence-corrected chi connectivity index (χ0v) is 18.3. The topological polar surface area (TPSA) is 66.2 Å². The molecule has 0 radical (unpaired) electrons. The molecule has 3 heterocycles. The molecule has 6 rings (SSSR count). The smallest absolute Gasteiger partial charge is 0.305 e. The normalized spacial score (nSPS) is 11.7. The number of aromatic nitrogens is 5. The second-order valence-corrected chi connectivity index (χ2v) is 8.31. The first kappa shape index (κ1) is 19.3. The predicted octanol–water partition coefficient (Wildman–Crippen LogP) is 3.55. The van der Waals surface area contributed by atoms with Gasteiger partial charge >= 0.3 is 5.69 Å². The lowest BCUT2D eigenvalue weighted by atomic mass is 10.1. The van der Waals surface area contributed by atoms with Crippen LogP contribution in [0.4, 0.5) is 0 Å². The van der Waals surface area contributed by atoms with E-state index in [1.54, 1.807) is 7.05 Å². The third-order valence-electron chi connectivity index (χ3n) is 6.29. The maximum absolute atomic E-state index is 13.0. The molecule has 0 aliphatic heterocycles.